The molecule has 2 amide bonds. The molecule has 3 N–H and O–H groups in total. The van der Waals surface area contributed by atoms with Crippen molar-refractivity contribution in [3.63, 3.8) is 0 Å². The second kappa shape index (κ2) is 10.8. The predicted molar refractivity (Wildman–Crippen MR) is 81.2 cm³/mol. The third-order valence-corrected chi connectivity index (χ3v) is 2.61. The molecule has 2 atom stereocenters. The molecule has 11 heteroatoms. The van der Waals surface area contributed by atoms with E-state index in [1.165, 1.54) is 7.11 Å². The number of hydrogen-bond acceptors (Lipinski definition) is 6. The highest BCUT2D eigenvalue weighted by Crippen LogP contribution is 2.07. The van der Waals surface area contributed by atoms with E-state index in [9.17, 15) is 23.2 Å². The molecule has 9 nitrogen and oxygen atoms in total. The summed E-state index contributed by atoms with van der Waals surface area (Å²) >= 11 is 0. The number of carboxylic acids is 1. The fourth-order valence-corrected chi connectivity index (χ4v) is 1.60. The van der Waals surface area contributed by atoms with Crippen LogP contribution < -0.4 is 10.6 Å². The number of carbonyl (C=O) groups is 3. The van der Waals surface area contributed by atoms with Crippen molar-refractivity contribution in [2.45, 2.75) is 51.5 Å². The van der Waals surface area contributed by atoms with Crippen LogP contribution in [0.15, 0.2) is 0 Å². The summed E-state index contributed by atoms with van der Waals surface area (Å²) in [6.45, 7) is 1.03. The summed E-state index contributed by atoms with van der Waals surface area (Å²) < 4.78 is 37.6. The number of amides is 2. The minimum Gasteiger partial charge on any atom is -0.480 e. The van der Waals surface area contributed by atoms with Crippen molar-refractivity contribution in [3.05, 3.63) is 0 Å². The quantitative estimate of drug-likeness (QED) is 0.518. The molecule has 0 aliphatic carbocycles. The summed E-state index contributed by atoms with van der Waals surface area (Å²) in [6, 6.07) is -2.69. The summed E-state index contributed by atoms with van der Waals surface area (Å²) in [5.74, 6) is -2.29. The van der Waals surface area contributed by atoms with Crippen LogP contribution in [-0.2, 0) is 23.8 Å². The fraction of sp³-hybridized carbons (Fsp3) is 0.786. The van der Waals surface area contributed by atoms with E-state index in [1.807, 2.05) is 0 Å². The van der Waals surface area contributed by atoms with Gasteiger partial charge in [-0.05, 0) is 20.8 Å². The molecule has 25 heavy (non-hydrogen) atoms. The largest absolute Gasteiger partial charge is 0.480 e. The Hall–Kier alpha value is -2.01. The van der Waals surface area contributed by atoms with Crippen molar-refractivity contribution in [3.8, 4) is 0 Å². The number of methoxy groups -OCH3 is 1. The van der Waals surface area contributed by atoms with Crippen molar-refractivity contribution in [2.24, 2.45) is 0 Å². The first-order valence-electron chi connectivity index (χ1n) is 7.37. The molecule has 0 heterocycles. The molecule has 0 aromatic heterocycles. The second-order valence-corrected chi connectivity index (χ2v) is 5.97. The van der Waals surface area contributed by atoms with Crippen LogP contribution in [0, 0.1) is 0 Å². The van der Waals surface area contributed by atoms with Gasteiger partial charge in [0, 0.05) is 13.5 Å². The molecule has 0 spiro atoms. The standard InChI is InChI=1S/C14H24F2N2O7/c1-14(2,3)25-13(22)18-9(7-23-4)10(19)17-8(11(20)21)5-6-24-12(15)16/h8-9,12H,5-7H2,1-4H3,(H,17,19)(H,18,22)(H,20,21). The number of nitrogens with one attached hydrogen (secondary N) is 2. The lowest BCUT2D eigenvalue weighted by Crippen LogP contribution is -2.54. The van der Waals surface area contributed by atoms with E-state index in [0.717, 1.165) is 0 Å². The van der Waals surface area contributed by atoms with Gasteiger partial charge in [-0.25, -0.2) is 9.59 Å². The van der Waals surface area contributed by atoms with Gasteiger partial charge in [0.2, 0.25) is 5.91 Å². The molecule has 0 aromatic carbocycles. The van der Waals surface area contributed by atoms with E-state index < -0.39 is 48.9 Å². The Labute approximate surface area is 144 Å². The lowest BCUT2D eigenvalue weighted by atomic mass is 10.2. The molecule has 146 valence electrons. The Bertz CT molecular complexity index is 455. The first-order chi connectivity index (χ1) is 11.5. The highest BCUT2D eigenvalue weighted by atomic mass is 19.3. The number of alkyl carbamates (subject to hydrolysis) is 1. The number of alkyl halides is 2. The van der Waals surface area contributed by atoms with Crippen LogP contribution in [0.3, 0.4) is 0 Å². The Morgan fingerprint density at radius 3 is 2.16 bits per heavy atom. The Kier molecular flexibility index (Phi) is 9.91. The maximum absolute atomic E-state index is 12.1. The average molecular weight is 370 g/mol. The highest BCUT2D eigenvalue weighted by Gasteiger charge is 2.28. The van der Waals surface area contributed by atoms with Crippen molar-refractivity contribution in [1.82, 2.24) is 10.6 Å². The molecule has 2 unspecified atom stereocenters. The van der Waals surface area contributed by atoms with Gasteiger partial charge < -0.3 is 30.0 Å². The minimum atomic E-state index is -3.04. The van der Waals surface area contributed by atoms with Crippen LogP contribution in [0.25, 0.3) is 0 Å². The van der Waals surface area contributed by atoms with Gasteiger partial charge >= 0.3 is 18.7 Å². The second-order valence-electron chi connectivity index (χ2n) is 5.97. The summed E-state index contributed by atoms with van der Waals surface area (Å²) in [5, 5.41) is 13.4. The molecule has 0 fully saturated rings. The molecule has 0 bridgehead atoms. The number of aliphatic carboxylic acids is 1. The van der Waals surface area contributed by atoms with Gasteiger partial charge in [-0.15, -0.1) is 0 Å². The third-order valence-electron chi connectivity index (χ3n) is 2.61. The van der Waals surface area contributed by atoms with E-state index in [4.69, 9.17) is 14.6 Å². The predicted octanol–water partition coefficient (Wildman–Crippen LogP) is 0.725. The lowest BCUT2D eigenvalue weighted by Gasteiger charge is -2.24. The Morgan fingerprint density at radius 1 is 1.12 bits per heavy atom. The zero-order valence-electron chi connectivity index (χ0n) is 14.5. The van der Waals surface area contributed by atoms with Crippen LogP contribution in [0.2, 0.25) is 0 Å². The molecule has 0 saturated heterocycles. The smallest absolute Gasteiger partial charge is 0.408 e. The van der Waals surface area contributed by atoms with E-state index >= 15 is 0 Å². The van der Waals surface area contributed by atoms with Gasteiger partial charge in [-0.1, -0.05) is 0 Å². The van der Waals surface area contributed by atoms with E-state index in [-0.39, 0.29) is 13.0 Å². The van der Waals surface area contributed by atoms with Gasteiger partial charge in [0.1, 0.15) is 17.7 Å². The maximum Gasteiger partial charge on any atom is 0.408 e. The number of halogens is 2. The highest BCUT2D eigenvalue weighted by molar-refractivity contribution is 5.89. The molecule has 0 aliphatic heterocycles. The van der Waals surface area contributed by atoms with Crippen LogP contribution >= 0.6 is 0 Å². The summed E-state index contributed by atoms with van der Waals surface area (Å²) in [4.78, 5) is 35.0. The fourth-order valence-electron chi connectivity index (χ4n) is 1.60. The van der Waals surface area contributed by atoms with E-state index in [2.05, 4.69) is 15.4 Å². The average Bonchev–Trinajstić information content (AvgIpc) is 2.43. The summed E-state index contributed by atoms with van der Waals surface area (Å²) in [6.07, 6.45) is -1.27. The molecular formula is C14H24F2N2O7. The topological polar surface area (TPSA) is 123 Å². The zero-order chi connectivity index (χ0) is 19.6. The number of rotatable bonds is 10. The van der Waals surface area contributed by atoms with Crippen LogP contribution in [-0.4, -0.2) is 67.7 Å². The molecular weight excluding hydrogens is 346 g/mol. The minimum absolute atomic E-state index is 0.245. The van der Waals surface area contributed by atoms with Gasteiger partial charge in [0.25, 0.3) is 0 Å². The van der Waals surface area contributed by atoms with Gasteiger partial charge in [0.05, 0.1) is 13.2 Å². The SMILES string of the molecule is COCC(NC(=O)OC(C)(C)C)C(=O)NC(CCOC(F)F)C(=O)O. The van der Waals surface area contributed by atoms with Gasteiger partial charge in [0.15, 0.2) is 0 Å². The normalized spacial score (nSPS) is 13.9. The maximum atomic E-state index is 12.1. The number of ether oxygens (including phenoxy) is 3. The molecule has 0 radical (unpaired) electrons. The molecule has 0 aliphatic rings. The molecule has 0 saturated carbocycles. The van der Waals surface area contributed by atoms with Crippen molar-refractivity contribution in [1.29, 1.82) is 0 Å². The molecule has 0 aromatic rings. The summed E-state index contributed by atoms with van der Waals surface area (Å²) in [7, 11) is 1.28. The van der Waals surface area contributed by atoms with Gasteiger partial charge in [-0.3, -0.25) is 4.79 Å². The zero-order valence-corrected chi connectivity index (χ0v) is 14.5. The van der Waals surface area contributed by atoms with Crippen molar-refractivity contribution < 1.29 is 42.5 Å². The third kappa shape index (κ3) is 11.2. The van der Waals surface area contributed by atoms with Crippen LogP contribution in [0.5, 0.6) is 0 Å². The number of hydrogen-bond donors (Lipinski definition) is 3. The van der Waals surface area contributed by atoms with E-state index in [0.29, 0.717) is 0 Å². The lowest BCUT2D eigenvalue weighted by molar-refractivity contribution is -0.147. The Morgan fingerprint density at radius 2 is 1.72 bits per heavy atom. The first-order valence-corrected chi connectivity index (χ1v) is 7.37. The number of carboxylic acid groups (broad SMARTS) is 1. The monoisotopic (exact) mass is 370 g/mol. The molecule has 0 rings (SSSR count). The van der Waals surface area contributed by atoms with Gasteiger partial charge in [-0.2, -0.15) is 8.78 Å². The Balaban J connectivity index is 4.76. The van der Waals surface area contributed by atoms with Crippen molar-refractivity contribution >= 4 is 18.0 Å². The van der Waals surface area contributed by atoms with Crippen LogP contribution in [0.1, 0.15) is 27.2 Å². The van der Waals surface area contributed by atoms with E-state index in [1.54, 1.807) is 20.8 Å². The summed E-state index contributed by atoms with van der Waals surface area (Å²) in [5.41, 5.74) is -0.797. The van der Waals surface area contributed by atoms with Crippen molar-refractivity contribution in [2.75, 3.05) is 20.3 Å². The first kappa shape index (κ1) is 23.0. The number of carbonyl (C=O) groups excluding carboxylic acids is 2. The van der Waals surface area contributed by atoms with Crippen LogP contribution in [0.4, 0.5) is 13.6 Å².